The molecule has 1 amide bonds. The molecule has 8 nitrogen and oxygen atoms in total. The van der Waals surface area contributed by atoms with E-state index >= 15 is 0 Å². The number of fused-ring (bicyclic) bond motifs is 3. The van der Waals surface area contributed by atoms with Gasteiger partial charge in [-0.1, -0.05) is 18.0 Å². The summed E-state index contributed by atoms with van der Waals surface area (Å²) in [4.78, 5) is 22.1. The number of amides is 1. The largest absolute Gasteiger partial charge is 0.461 e. The number of benzene rings is 1. The molecule has 1 aliphatic heterocycles. The van der Waals surface area contributed by atoms with Crippen LogP contribution in [0.2, 0.25) is 5.02 Å². The Kier molecular flexibility index (Phi) is 4.57. The Bertz CT molecular complexity index is 1310. The van der Waals surface area contributed by atoms with Gasteiger partial charge < -0.3 is 14.2 Å². The summed E-state index contributed by atoms with van der Waals surface area (Å²) < 4.78 is 7.58. The zero-order valence-corrected chi connectivity index (χ0v) is 18.5. The maximum absolute atomic E-state index is 12.9. The highest BCUT2D eigenvalue weighted by molar-refractivity contribution is 6.31. The van der Waals surface area contributed by atoms with Crippen LogP contribution in [0.15, 0.2) is 41.0 Å². The van der Waals surface area contributed by atoms with Gasteiger partial charge in [0.15, 0.2) is 11.4 Å². The van der Waals surface area contributed by atoms with Crippen LogP contribution in [-0.2, 0) is 4.79 Å². The first-order chi connectivity index (χ1) is 15.6. The SMILES string of the molecule is CC1CN(c2nc3cc(Cl)ccc3c3nnc(-c4ccco4)n23)CCN1C(=O)C1CCC1. The van der Waals surface area contributed by atoms with E-state index in [0.29, 0.717) is 47.8 Å². The Labute approximate surface area is 189 Å². The molecular weight excluding hydrogens is 428 g/mol. The van der Waals surface area contributed by atoms with Crippen molar-refractivity contribution in [1.82, 2.24) is 24.5 Å². The minimum atomic E-state index is 0.0901. The summed E-state index contributed by atoms with van der Waals surface area (Å²) in [5, 5.41) is 10.4. The van der Waals surface area contributed by atoms with Crippen LogP contribution in [0.5, 0.6) is 0 Å². The molecular formula is C23H23ClN6O2. The van der Waals surface area contributed by atoms with Crippen molar-refractivity contribution in [2.45, 2.75) is 32.2 Å². The number of nitrogens with zero attached hydrogens (tertiary/aromatic N) is 6. The number of carbonyl (C=O) groups excluding carboxylic acids is 1. The van der Waals surface area contributed by atoms with Gasteiger partial charge in [0.25, 0.3) is 0 Å². The lowest BCUT2D eigenvalue weighted by molar-refractivity contribution is -0.140. The van der Waals surface area contributed by atoms with Gasteiger partial charge in [0.2, 0.25) is 17.7 Å². The van der Waals surface area contributed by atoms with Crippen LogP contribution < -0.4 is 4.90 Å². The van der Waals surface area contributed by atoms with Gasteiger partial charge in [0, 0.05) is 42.0 Å². The highest BCUT2D eigenvalue weighted by Crippen LogP contribution is 2.32. The van der Waals surface area contributed by atoms with Crippen LogP contribution in [0.4, 0.5) is 5.95 Å². The second kappa shape index (κ2) is 7.48. The number of halogens is 1. The van der Waals surface area contributed by atoms with Crippen molar-refractivity contribution in [2.75, 3.05) is 24.5 Å². The van der Waals surface area contributed by atoms with E-state index < -0.39 is 0 Å². The third kappa shape index (κ3) is 3.04. The molecule has 32 heavy (non-hydrogen) atoms. The van der Waals surface area contributed by atoms with E-state index in [1.807, 2.05) is 39.6 Å². The summed E-state index contributed by atoms with van der Waals surface area (Å²) in [6.45, 7) is 4.15. The van der Waals surface area contributed by atoms with Gasteiger partial charge in [-0.15, -0.1) is 10.2 Å². The highest BCUT2D eigenvalue weighted by Gasteiger charge is 2.35. The smallest absolute Gasteiger partial charge is 0.226 e. The molecule has 9 heteroatoms. The van der Waals surface area contributed by atoms with Crippen LogP contribution >= 0.6 is 11.6 Å². The number of furan rings is 1. The van der Waals surface area contributed by atoms with E-state index in [1.165, 1.54) is 0 Å². The lowest BCUT2D eigenvalue weighted by Gasteiger charge is -2.43. The maximum atomic E-state index is 12.9. The van der Waals surface area contributed by atoms with Crippen molar-refractivity contribution in [3.8, 4) is 11.6 Å². The molecule has 164 valence electrons. The first-order valence-electron chi connectivity index (χ1n) is 11.0. The number of carbonyl (C=O) groups is 1. The molecule has 1 aliphatic carbocycles. The average Bonchev–Trinajstić information content (AvgIpc) is 3.41. The van der Waals surface area contributed by atoms with Gasteiger partial charge in [-0.2, -0.15) is 0 Å². The van der Waals surface area contributed by atoms with Gasteiger partial charge in [-0.05, 0) is 50.1 Å². The fraction of sp³-hybridized carbons (Fsp3) is 0.391. The molecule has 2 aliphatic rings. The van der Waals surface area contributed by atoms with Crippen molar-refractivity contribution in [3.05, 3.63) is 41.6 Å². The Balaban J connectivity index is 1.44. The first kappa shape index (κ1) is 19.5. The lowest BCUT2D eigenvalue weighted by atomic mass is 9.84. The molecule has 4 aromatic rings. The van der Waals surface area contributed by atoms with E-state index in [4.69, 9.17) is 21.0 Å². The van der Waals surface area contributed by atoms with Crippen molar-refractivity contribution in [3.63, 3.8) is 0 Å². The molecule has 2 fully saturated rings. The minimum absolute atomic E-state index is 0.0901. The number of piperazine rings is 1. The molecule has 0 bridgehead atoms. The molecule has 3 aromatic heterocycles. The predicted octanol–water partition coefficient (Wildman–Crippen LogP) is 4.03. The molecule has 0 spiro atoms. The van der Waals surface area contributed by atoms with E-state index in [2.05, 4.69) is 22.0 Å². The number of aromatic nitrogens is 4. The molecule has 1 aromatic carbocycles. The highest BCUT2D eigenvalue weighted by atomic mass is 35.5. The second-order valence-corrected chi connectivity index (χ2v) is 9.12. The molecule has 1 saturated heterocycles. The molecule has 1 saturated carbocycles. The minimum Gasteiger partial charge on any atom is -0.461 e. The standard InChI is InChI=1S/C23H23ClN6O2/c1-14-13-28(9-10-29(14)22(31)15-4-2-5-15)23-25-18-12-16(24)7-8-17(18)20-26-27-21(30(20)23)19-6-3-11-32-19/h3,6-8,11-12,14-15H,2,4-5,9-10,13H2,1H3. The summed E-state index contributed by atoms with van der Waals surface area (Å²) in [7, 11) is 0. The topological polar surface area (TPSA) is 79.8 Å². The predicted molar refractivity (Wildman–Crippen MR) is 122 cm³/mol. The van der Waals surface area contributed by atoms with Crippen molar-refractivity contribution < 1.29 is 9.21 Å². The lowest BCUT2D eigenvalue weighted by Crippen LogP contribution is -2.56. The monoisotopic (exact) mass is 450 g/mol. The van der Waals surface area contributed by atoms with Crippen LogP contribution in [0.1, 0.15) is 26.2 Å². The Morgan fingerprint density at radius 2 is 2.06 bits per heavy atom. The summed E-state index contributed by atoms with van der Waals surface area (Å²) in [5.41, 5.74) is 1.47. The van der Waals surface area contributed by atoms with Crippen LogP contribution in [0.25, 0.3) is 28.1 Å². The molecule has 6 rings (SSSR count). The summed E-state index contributed by atoms with van der Waals surface area (Å²) in [6.07, 6.45) is 4.83. The first-order valence-corrected chi connectivity index (χ1v) is 11.4. The second-order valence-electron chi connectivity index (χ2n) is 8.69. The molecule has 1 atom stereocenters. The Morgan fingerprint density at radius 1 is 1.19 bits per heavy atom. The third-order valence-electron chi connectivity index (χ3n) is 6.67. The van der Waals surface area contributed by atoms with Gasteiger partial charge in [-0.3, -0.25) is 4.79 Å². The zero-order valence-electron chi connectivity index (χ0n) is 17.7. The molecule has 0 radical (unpaired) electrons. The average molecular weight is 451 g/mol. The summed E-state index contributed by atoms with van der Waals surface area (Å²) in [5.74, 6) is 2.46. The number of anilines is 1. The quantitative estimate of drug-likeness (QED) is 0.469. The van der Waals surface area contributed by atoms with Crippen LogP contribution in [0.3, 0.4) is 0 Å². The van der Waals surface area contributed by atoms with Gasteiger partial charge in [0.05, 0.1) is 11.8 Å². The third-order valence-corrected chi connectivity index (χ3v) is 6.91. The maximum Gasteiger partial charge on any atom is 0.226 e. The van der Waals surface area contributed by atoms with E-state index in [0.717, 1.165) is 36.1 Å². The number of hydrogen-bond acceptors (Lipinski definition) is 6. The summed E-state index contributed by atoms with van der Waals surface area (Å²) >= 11 is 6.26. The summed E-state index contributed by atoms with van der Waals surface area (Å²) in [6, 6.07) is 9.39. The Hall–Kier alpha value is -3.13. The fourth-order valence-electron chi connectivity index (χ4n) is 4.73. The number of hydrogen-bond donors (Lipinski definition) is 0. The van der Waals surface area contributed by atoms with Crippen molar-refractivity contribution >= 4 is 40.0 Å². The van der Waals surface area contributed by atoms with Gasteiger partial charge in [-0.25, -0.2) is 9.38 Å². The van der Waals surface area contributed by atoms with Gasteiger partial charge >= 0.3 is 0 Å². The van der Waals surface area contributed by atoms with Crippen LogP contribution in [-0.4, -0.2) is 56.1 Å². The van der Waals surface area contributed by atoms with E-state index in [1.54, 1.807) is 6.26 Å². The van der Waals surface area contributed by atoms with E-state index in [-0.39, 0.29) is 12.0 Å². The van der Waals surface area contributed by atoms with E-state index in [9.17, 15) is 4.79 Å². The van der Waals surface area contributed by atoms with Crippen molar-refractivity contribution in [1.29, 1.82) is 0 Å². The fourth-order valence-corrected chi connectivity index (χ4v) is 4.89. The normalized spacial score (nSPS) is 19.6. The van der Waals surface area contributed by atoms with Crippen molar-refractivity contribution in [2.24, 2.45) is 5.92 Å². The van der Waals surface area contributed by atoms with Gasteiger partial charge in [0.1, 0.15) is 0 Å². The molecule has 0 N–H and O–H groups in total. The zero-order chi connectivity index (χ0) is 21.8. The number of rotatable bonds is 3. The molecule has 4 heterocycles. The van der Waals surface area contributed by atoms with Crippen LogP contribution in [0, 0.1) is 5.92 Å². The molecule has 1 unspecified atom stereocenters. The Morgan fingerprint density at radius 3 is 2.78 bits per heavy atom.